The summed E-state index contributed by atoms with van der Waals surface area (Å²) in [5.41, 5.74) is 1.36. The fourth-order valence-corrected chi connectivity index (χ4v) is 2.46. The molecule has 2 atom stereocenters. The zero-order chi connectivity index (χ0) is 12.1. The van der Waals surface area contributed by atoms with Crippen molar-refractivity contribution in [2.24, 2.45) is 0 Å². The maximum absolute atomic E-state index is 5.40. The Morgan fingerprint density at radius 1 is 1.41 bits per heavy atom. The van der Waals surface area contributed by atoms with Crippen LogP contribution >= 0.6 is 0 Å². The Morgan fingerprint density at radius 3 is 2.76 bits per heavy atom. The number of nitrogens with zero attached hydrogens (tertiary/aromatic N) is 1. The van der Waals surface area contributed by atoms with Gasteiger partial charge in [-0.05, 0) is 19.0 Å². The van der Waals surface area contributed by atoms with Gasteiger partial charge in [-0.2, -0.15) is 0 Å². The number of benzene rings is 1. The van der Waals surface area contributed by atoms with E-state index in [1.807, 2.05) is 7.05 Å². The van der Waals surface area contributed by atoms with Gasteiger partial charge in [-0.3, -0.25) is 4.90 Å². The van der Waals surface area contributed by atoms with Crippen molar-refractivity contribution in [1.82, 2.24) is 10.2 Å². The van der Waals surface area contributed by atoms with Gasteiger partial charge in [0, 0.05) is 32.8 Å². The van der Waals surface area contributed by atoms with Gasteiger partial charge in [0.05, 0.1) is 6.10 Å². The standard InChI is InChI=1S/C14H22N2O/c1-15-14(12-6-4-3-5-7-12)11-16-9-8-13(10-16)17-2/h3-7,13-15H,8-11H2,1-2H3/t13-,14-/m1/s1. The Kier molecular flexibility index (Phi) is 4.54. The summed E-state index contributed by atoms with van der Waals surface area (Å²) in [4.78, 5) is 2.47. The Labute approximate surface area is 104 Å². The zero-order valence-electron chi connectivity index (χ0n) is 10.7. The zero-order valence-corrected chi connectivity index (χ0v) is 10.7. The fourth-order valence-electron chi connectivity index (χ4n) is 2.46. The Hall–Kier alpha value is -0.900. The van der Waals surface area contributed by atoms with Crippen molar-refractivity contribution in [1.29, 1.82) is 0 Å². The summed E-state index contributed by atoms with van der Waals surface area (Å²) < 4.78 is 5.40. The lowest BCUT2D eigenvalue weighted by Gasteiger charge is -2.23. The highest BCUT2D eigenvalue weighted by Gasteiger charge is 2.24. The molecule has 0 unspecified atom stereocenters. The molecule has 3 nitrogen and oxygen atoms in total. The summed E-state index contributed by atoms with van der Waals surface area (Å²) in [6.45, 7) is 3.26. The van der Waals surface area contributed by atoms with Crippen LogP contribution in [0.15, 0.2) is 30.3 Å². The van der Waals surface area contributed by atoms with Gasteiger partial charge in [0.2, 0.25) is 0 Å². The number of rotatable bonds is 5. The van der Waals surface area contributed by atoms with Crippen LogP contribution in [0.2, 0.25) is 0 Å². The van der Waals surface area contributed by atoms with Crippen LogP contribution in [0.3, 0.4) is 0 Å². The molecular formula is C14H22N2O. The molecule has 1 aliphatic heterocycles. The molecule has 1 aliphatic rings. The van der Waals surface area contributed by atoms with Gasteiger partial charge >= 0.3 is 0 Å². The molecule has 1 fully saturated rings. The van der Waals surface area contributed by atoms with Crippen molar-refractivity contribution in [3.8, 4) is 0 Å². The molecule has 0 saturated carbocycles. The molecular weight excluding hydrogens is 212 g/mol. The van der Waals surface area contributed by atoms with Crippen LogP contribution in [0.5, 0.6) is 0 Å². The molecule has 1 saturated heterocycles. The third-order valence-corrected chi connectivity index (χ3v) is 3.55. The highest BCUT2D eigenvalue weighted by Crippen LogP contribution is 2.18. The molecule has 94 valence electrons. The van der Waals surface area contributed by atoms with Gasteiger partial charge in [-0.1, -0.05) is 30.3 Å². The number of hydrogen-bond acceptors (Lipinski definition) is 3. The first kappa shape index (κ1) is 12.6. The molecule has 0 amide bonds. The van der Waals surface area contributed by atoms with Crippen LogP contribution in [0, 0.1) is 0 Å². The number of hydrogen-bond donors (Lipinski definition) is 1. The van der Waals surface area contributed by atoms with Crippen LogP contribution in [0.4, 0.5) is 0 Å². The fraction of sp³-hybridized carbons (Fsp3) is 0.571. The van der Waals surface area contributed by atoms with E-state index in [9.17, 15) is 0 Å². The quantitative estimate of drug-likeness (QED) is 0.838. The number of nitrogens with one attached hydrogen (secondary N) is 1. The second-order valence-electron chi connectivity index (χ2n) is 4.66. The average Bonchev–Trinajstić information content (AvgIpc) is 2.84. The first-order chi connectivity index (χ1) is 8.33. The van der Waals surface area contributed by atoms with Crippen molar-refractivity contribution in [2.45, 2.75) is 18.6 Å². The van der Waals surface area contributed by atoms with Crippen LogP contribution in [-0.2, 0) is 4.74 Å². The third kappa shape index (κ3) is 3.28. The van der Waals surface area contributed by atoms with Gasteiger partial charge in [0.25, 0.3) is 0 Å². The monoisotopic (exact) mass is 234 g/mol. The summed E-state index contributed by atoms with van der Waals surface area (Å²) >= 11 is 0. The summed E-state index contributed by atoms with van der Waals surface area (Å²) in [5, 5.41) is 3.40. The molecule has 0 radical (unpaired) electrons. The van der Waals surface area contributed by atoms with E-state index in [0.717, 1.165) is 26.1 Å². The molecule has 1 heterocycles. The number of likely N-dealkylation sites (N-methyl/N-ethyl adjacent to an activating group) is 1. The average molecular weight is 234 g/mol. The van der Waals surface area contributed by atoms with Gasteiger partial charge in [0.1, 0.15) is 0 Å². The predicted molar refractivity (Wildman–Crippen MR) is 70.1 cm³/mol. The topological polar surface area (TPSA) is 24.5 Å². The lowest BCUT2D eigenvalue weighted by Crippen LogP contribution is -2.33. The highest BCUT2D eigenvalue weighted by molar-refractivity contribution is 5.19. The second kappa shape index (κ2) is 6.15. The van der Waals surface area contributed by atoms with Crippen molar-refractivity contribution in [3.05, 3.63) is 35.9 Å². The number of likely N-dealkylation sites (tertiary alicyclic amines) is 1. The summed E-state index contributed by atoms with van der Waals surface area (Å²) in [7, 11) is 3.84. The minimum absolute atomic E-state index is 0.409. The van der Waals surface area contributed by atoms with E-state index in [-0.39, 0.29) is 0 Å². The molecule has 0 aliphatic carbocycles. The van der Waals surface area contributed by atoms with E-state index in [0.29, 0.717) is 12.1 Å². The molecule has 0 aromatic heterocycles. The lowest BCUT2D eigenvalue weighted by molar-refractivity contribution is 0.107. The molecule has 3 heteroatoms. The minimum Gasteiger partial charge on any atom is -0.380 e. The van der Waals surface area contributed by atoms with E-state index < -0.39 is 0 Å². The molecule has 1 aromatic carbocycles. The van der Waals surface area contributed by atoms with E-state index in [4.69, 9.17) is 4.74 Å². The summed E-state index contributed by atoms with van der Waals surface area (Å²) in [5.74, 6) is 0. The normalized spacial score (nSPS) is 22.8. The Balaban J connectivity index is 1.92. The maximum Gasteiger partial charge on any atom is 0.0710 e. The molecule has 0 spiro atoms. The molecule has 0 bridgehead atoms. The molecule has 17 heavy (non-hydrogen) atoms. The molecule has 1 N–H and O–H groups in total. The Bertz CT molecular complexity index is 328. The SMILES string of the molecule is CN[C@H](CN1CC[C@@H](OC)C1)c1ccccc1. The van der Waals surface area contributed by atoms with Crippen molar-refractivity contribution >= 4 is 0 Å². The van der Waals surface area contributed by atoms with Crippen molar-refractivity contribution in [3.63, 3.8) is 0 Å². The van der Waals surface area contributed by atoms with Crippen LogP contribution in [0.1, 0.15) is 18.0 Å². The summed E-state index contributed by atoms with van der Waals surface area (Å²) in [6, 6.07) is 11.0. The van der Waals surface area contributed by atoms with Crippen LogP contribution in [0.25, 0.3) is 0 Å². The van der Waals surface area contributed by atoms with Crippen LogP contribution < -0.4 is 5.32 Å². The number of methoxy groups -OCH3 is 1. The predicted octanol–water partition coefficient (Wildman–Crippen LogP) is 1.67. The highest BCUT2D eigenvalue weighted by atomic mass is 16.5. The van der Waals surface area contributed by atoms with Gasteiger partial charge in [-0.25, -0.2) is 0 Å². The minimum atomic E-state index is 0.409. The largest absolute Gasteiger partial charge is 0.380 e. The first-order valence-corrected chi connectivity index (χ1v) is 6.31. The van der Waals surface area contributed by atoms with Gasteiger partial charge in [-0.15, -0.1) is 0 Å². The molecule has 2 rings (SSSR count). The van der Waals surface area contributed by atoms with E-state index >= 15 is 0 Å². The smallest absolute Gasteiger partial charge is 0.0710 e. The van der Waals surface area contributed by atoms with Crippen molar-refractivity contribution in [2.75, 3.05) is 33.8 Å². The summed E-state index contributed by atoms with van der Waals surface area (Å²) in [6.07, 6.45) is 1.57. The lowest BCUT2D eigenvalue weighted by atomic mass is 10.1. The number of ether oxygens (including phenoxy) is 1. The van der Waals surface area contributed by atoms with Crippen molar-refractivity contribution < 1.29 is 4.74 Å². The van der Waals surface area contributed by atoms with Gasteiger partial charge in [0.15, 0.2) is 0 Å². The van der Waals surface area contributed by atoms with E-state index in [1.165, 1.54) is 5.56 Å². The van der Waals surface area contributed by atoms with E-state index in [1.54, 1.807) is 7.11 Å². The first-order valence-electron chi connectivity index (χ1n) is 6.31. The Morgan fingerprint density at radius 2 is 2.18 bits per heavy atom. The molecule has 1 aromatic rings. The second-order valence-corrected chi connectivity index (χ2v) is 4.66. The third-order valence-electron chi connectivity index (χ3n) is 3.55. The maximum atomic E-state index is 5.40. The van der Waals surface area contributed by atoms with Gasteiger partial charge < -0.3 is 10.1 Å². The van der Waals surface area contributed by atoms with Crippen LogP contribution in [-0.4, -0.2) is 44.8 Å². The van der Waals surface area contributed by atoms with E-state index in [2.05, 4.69) is 40.5 Å².